The first-order chi connectivity index (χ1) is 7.96. The average Bonchev–Trinajstić information content (AvgIpc) is 2.29. The van der Waals surface area contributed by atoms with Gasteiger partial charge in [0, 0.05) is 22.2 Å². The highest BCUT2D eigenvalue weighted by Gasteiger charge is 2.12. The van der Waals surface area contributed by atoms with E-state index in [4.69, 9.17) is 0 Å². The second kappa shape index (κ2) is 6.31. The number of halogens is 1. The number of rotatable bonds is 6. The molecule has 0 amide bonds. The normalized spacial score (nSPS) is 11.4. The van der Waals surface area contributed by atoms with Crippen LogP contribution in [0.15, 0.2) is 28.7 Å². The molecular weight excluding hydrogens is 304 g/mol. The molecule has 0 saturated heterocycles. The highest BCUT2D eigenvalue weighted by Crippen LogP contribution is 2.18. The van der Waals surface area contributed by atoms with Gasteiger partial charge < -0.3 is 0 Å². The highest BCUT2D eigenvalue weighted by molar-refractivity contribution is 9.10. The Hall–Kier alpha value is -0.680. The van der Waals surface area contributed by atoms with Gasteiger partial charge in [0.15, 0.2) is 5.78 Å². The molecule has 1 aromatic rings. The van der Waals surface area contributed by atoms with E-state index >= 15 is 0 Å². The fraction of sp³-hybridized carbons (Fsp3) is 0.417. The van der Waals surface area contributed by atoms with Gasteiger partial charge in [0.25, 0.3) is 0 Å². The molecule has 0 aliphatic rings. The molecule has 1 rings (SSSR count). The molecule has 0 saturated carbocycles. The minimum atomic E-state index is -2.97. The van der Waals surface area contributed by atoms with Crippen LogP contribution in [-0.4, -0.2) is 25.7 Å². The number of carbonyl (C=O) groups excluding carboxylic acids is 1. The monoisotopic (exact) mass is 318 g/mol. The molecule has 0 heterocycles. The average molecular weight is 319 g/mol. The molecule has 0 atom stereocenters. The van der Waals surface area contributed by atoms with Crippen LogP contribution in [0.5, 0.6) is 0 Å². The number of carbonyl (C=O) groups is 1. The molecule has 0 aliphatic carbocycles. The van der Waals surface area contributed by atoms with Crippen molar-refractivity contribution in [3.8, 4) is 0 Å². The second-order valence-electron chi connectivity index (χ2n) is 3.74. The maximum atomic E-state index is 11.8. The van der Waals surface area contributed by atoms with Gasteiger partial charge in [-0.15, -0.1) is 0 Å². The summed E-state index contributed by atoms with van der Waals surface area (Å²) in [6.07, 6.45) is 0.651. The number of ketones is 1. The Morgan fingerprint density at radius 1 is 1.29 bits per heavy atom. The summed E-state index contributed by atoms with van der Waals surface area (Å²) in [4.78, 5) is 11.8. The number of benzene rings is 1. The fourth-order valence-electron chi connectivity index (χ4n) is 1.42. The molecule has 0 aromatic heterocycles. The minimum absolute atomic E-state index is 0.0243. The molecule has 94 valence electrons. The van der Waals surface area contributed by atoms with E-state index in [1.54, 1.807) is 25.1 Å². The number of sulfone groups is 1. The van der Waals surface area contributed by atoms with E-state index in [2.05, 4.69) is 15.9 Å². The summed E-state index contributed by atoms with van der Waals surface area (Å²) in [5.41, 5.74) is 0.612. The first kappa shape index (κ1) is 14.4. The van der Waals surface area contributed by atoms with E-state index in [0.717, 1.165) is 4.47 Å². The molecule has 0 radical (unpaired) electrons. The first-order valence-electron chi connectivity index (χ1n) is 5.44. The molecule has 3 nitrogen and oxygen atoms in total. The van der Waals surface area contributed by atoms with Crippen LogP contribution in [0.2, 0.25) is 0 Å². The van der Waals surface area contributed by atoms with Gasteiger partial charge in [-0.1, -0.05) is 41.1 Å². The van der Waals surface area contributed by atoms with Crippen molar-refractivity contribution in [2.24, 2.45) is 0 Å². The van der Waals surface area contributed by atoms with Crippen LogP contribution in [0.3, 0.4) is 0 Å². The van der Waals surface area contributed by atoms with Crippen LogP contribution in [0.25, 0.3) is 0 Å². The smallest absolute Gasteiger partial charge is 0.164 e. The number of Topliss-reactive ketones (excluding diaryl/α,β-unsaturated/α-hetero) is 1. The molecule has 1 aromatic carbocycles. The van der Waals surface area contributed by atoms with Gasteiger partial charge in [-0.05, 0) is 12.5 Å². The summed E-state index contributed by atoms with van der Waals surface area (Å²) in [6.45, 7) is 1.62. The SMILES string of the molecule is CCS(=O)(=O)CCCC(=O)c1ccccc1Br. The molecule has 17 heavy (non-hydrogen) atoms. The topological polar surface area (TPSA) is 51.2 Å². The Morgan fingerprint density at radius 2 is 1.94 bits per heavy atom. The fourth-order valence-corrected chi connectivity index (χ4v) is 2.80. The van der Waals surface area contributed by atoms with Crippen molar-refractivity contribution in [2.75, 3.05) is 11.5 Å². The summed E-state index contributed by atoms with van der Waals surface area (Å²) < 4.78 is 23.3. The Kier molecular flexibility index (Phi) is 5.33. The lowest BCUT2D eigenvalue weighted by atomic mass is 10.1. The zero-order valence-electron chi connectivity index (χ0n) is 9.65. The largest absolute Gasteiger partial charge is 0.294 e. The Labute approximate surface area is 110 Å². The molecule has 0 bridgehead atoms. The van der Waals surface area contributed by atoms with Gasteiger partial charge in [0.1, 0.15) is 9.84 Å². The Bertz CT molecular complexity index is 494. The maximum Gasteiger partial charge on any atom is 0.164 e. The van der Waals surface area contributed by atoms with E-state index in [9.17, 15) is 13.2 Å². The zero-order chi connectivity index (χ0) is 12.9. The third-order valence-electron chi connectivity index (χ3n) is 2.47. The molecule has 5 heteroatoms. The van der Waals surface area contributed by atoms with Crippen LogP contribution in [0.4, 0.5) is 0 Å². The summed E-state index contributed by atoms with van der Waals surface area (Å²) in [5.74, 6) is 0.194. The van der Waals surface area contributed by atoms with Gasteiger partial charge in [-0.3, -0.25) is 4.79 Å². The number of hydrogen-bond acceptors (Lipinski definition) is 3. The molecule has 0 fully saturated rings. The quantitative estimate of drug-likeness (QED) is 0.758. The predicted molar refractivity (Wildman–Crippen MR) is 72.0 cm³/mol. The van der Waals surface area contributed by atoms with E-state index in [0.29, 0.717) is 12.0 Å². The van der Waals surface area contributed by atoms with Gasteiger partial charge in [0.05, 0.1) is 5.75 Å². The molecular formula is C12H15BrO3S. The van der Waals surface area contributed by atoms with Gasteiger partial charge in [0.2, 0.25) is 0 Å². The van der Waals surface area contributed by atoms with E-state index < -0.39 is 9.84 Å². The van der Waals surface area contributed by atoms with Crippen LogP contribution >= 0.6 is 15.9 Å². The van der Waals surface area contributed by atoms with Crippen LogP contribution in [0.1, 0.15) is 30.1 Å². The third kappa shape index (κ3) is 4.60. The lowest BCUT2D eigenvalue weighted by molar-refractivity contribution is 0.0981. The van der Waals surface area contributed by atoms with Crippen molar-refractivity contribution in [1.29, 1.82) is 0 Å². The molecule has 0 spiro atoms. The van der Waals surface area contributed by atoms with E-state index in [1.165, 1.54) is 0 Å². The predicted octanol–water partition coefficient (Wildman–Crippen LogP) is 2.85. The second-order valence-corrected chi connectivity index (χ2v) is 7.07. The van der Waals surface area contributed by atoms with E-state index in [-0.39, 0.29) is 23.7 Å². The minimum Gasteiger partial charge on any atom is -0.294 e. The van der Waals surface area contributed by atoms with Crippen LogP contribution < -0.4 is 0 Å². The van der Waals surface area contributed by atoms with Crippen LogP contribution in [-0.2, 0) is 9.84 Å². The van der Waals surface area contributed by atoms with Crippen molar-refractivity contribution in [1.82, 2.24) is 0 Å². The third-order valence-corrected chi connectivity index (χ3v) is 4.96. The lowest BCUT2D eigenvalue weighted by Crippen LogP contribution is -2.10. The van der Waals surface area contributed by atoms with E-state index in [1.807, 2.05) is 6.07 Å². The summed E-state index contributed by atoms with van der Waals surface area (Å²) in [7, 11) is -2.97. The standard InChI is InChI=1S/C12H15BrO3S/c1-2-17(15,16)9-5-8-12(14)10-6-3-4-7-11(10)13/h3-4,6-7H,2,5,8-9H2,1H3. The van der Waals surface area contributed by atoms with Crippen LogP contribution in [0, 0.1) is 0 Å². The van der Waals surface area contributed by atoms with Gasteiger partial charge in [-0.25, -0.2) is 8.42 Å². The lowest BCUT2D eigenvalue weighted by Gasteiger charge is -2.03. The Morgan fingerprint density at radius 3 is 2.53 bits per heavy atom. The van der Waals surface area contributed by atoms with Crippen molar-refractivity contribution >= 4 is 31.6 Å². The highest BCUT2D eigenvalue weighted by atomic mass is 79.9. The van der Waals surface area contributed by atoms with Crippen molar-refractivity contribution in [3.63, 3.8) is 0 Å². The summed E-state index contributed by atoms with van der Waals surface area (Å²) in [5, 5.41) is 0. The van der Waals surface area contributed by atoms with Crippen molar-refractivity contribution in [2.45, 2.75) is 19.8 Å². The zero-order valence-corrected chi connectivity index (χ0v) is 12.1. The van der Waals surface area contributed by atoms with Gasteiger partial charge >= 0.3 is 0 Å². The maximum absolute atomic E-state index is 11.8. The molecule has 0 unspecified atom stereocenters. The van der Waals surface area contributed by atoms with Crippen molar-refractivity contribution < 1.29 is 13.2 Å². The molecule has 0 aliphatic heterocycles. The Balaban J connectivity index is 2.55. The van der Waals surface area contributed by atoms with Crippen molar-refractivity contribution in [3.05, 3.63) is 34.3 Å². The molecule has 0 N–H and O–H groups in total. The van der Waals surface area contributed by atoms with Gasteiger partial charge in [-0.2, -0.15) is 0 Å². The number of hydrogen-bond donors (Lipinski definition) is 0. The summed E-state index contributed by atoms with van der Waals surface area (Å²) >= 11 is 3.30. The first-order valence-corrected chi connectivity index (χ1v) is 8.06. The summed E-state index contributed by atoms with van der Waals surface area (Å²) in [6, 6.07) is 7.17.